The van der Waals surface area contributed by atoms with E-state index >= 15 is 4.39 Å². The highest BCUT2D eigenvalue weighted by Gasteiger charge is 2.39. The van der Waals surface area contributed by atoms with Crippen molar-refractivity contribution >= 4 is 23.2 Å². The molecule has 0 fully saturated rings. The van der Waals surface area contributed by atoms with Crippen LogP contribution in [0.15, 0.2) is 23.1 Å². The average molecular weight is 535 g/mol. The van der Waals surface area contributed by atoms with Crippen molar-refractivity contribution in [1.29, 1.82) is 0 Å². The molecule has 3 rings (SSSR count). The van der Waals surface area contributed by atoms with Gasteiger partial charge in [-0.2, -0.15) is 22.8 Å². The third-order valence-electron chi connectivity index (χ3n) is 4.97. The Labute approximate surface area is 205 Å². The van der Waals surface area contributed by atoms with E-state index in [4.69, 9.17) is 16.3 Å². The van der Waals surface area contributed by atoms with E-state index < -0.39 is 53.6 Å². The van der Waals surface area contributed by atoms with Gasteiger partial charge in [-0.1, -0.05) is 18.5 Å². The van der Waals surface area contributed by atoms with Crippen molar-refractivity contribution in [2.75, 3.05) is 5.32 Å². The predicted octanol–water partition coefficient (Wildman–Crippen LogP) is 4.39. The van der Waals surface area contributed by atoms with Crippen molar-refractivity contribution in [3.8, 4) is 11.7 Å². The molecule has 0 saturated carbocycles. The Kier molecular flexibility index (Phi) is 7.96. The number of ether oxygens (including phenoxy) is 1. The second kappa shape index (κ2) is 10.6. The number of hydrogen-bond acceptors (Lipinski definition) is 6. The Morgan fingerprint density at radius 2 is 2.03 bits per heavy atom. The highest BCUT2D eigenvalue weighted by molar-refractivity contribution is 6.32. The van der Waals surface area contributed by atoms with Crippen molar-refractivity contribution in [2.45, 2.75) is 52.7 Å². The summed E-state index contributed by atoms with van der Waals surface area (Å²) < 4.78 is 74.3. The van der Waals surface area contributed by atoms with E-state index in [2.05, 4.69) is 20.4 Å². The molecule has 3 heterocycles. The maximum atomic E-state index is 15.1. The molecule has 3 aromatic heterocycles. The van der Waals surface area contributed by atoms with Crippen LogP contribution < -0.4 is 15.7 Å². The number of anilines is 1. The molecule has 194 valence electrons. The zero-order chi connectivity index (χ0) is 26.8. The van der Waals surface area contributed by atoms with Gasteiger partial charge < -0.3 is 10.1 Å². The van der Waals surface area contributed by atoms with Crippen molar-refractivity contribution in [3.05, 3.63) is 56.7 Å². The fourth-order valence-electron chi connectivity index (χ4n) is 3.08. The Bertz CT molecular complexity index is 1320. The third kappa shape index (κ3) is 5.48. The van der Waals surface area contributed by atoms with Crippen LogP contribution in [0.1, 0.15) is 42.0 Å². The Morgan fingerprint density at radius 3 is 2.61 bits per heavy atom. The van der Waals surface area contributed by atoms with Crippen LogP contribution in [0.5, 0.6) is 5.88 Å². The molecule has 9 nitrogen and oxygen atoms in total. The summed E-state index contributed by atoms with van der Waals surface area (Å²) in [5.41, 5.74) is -1.20. The molecule has 0 aliphatic heterocycles. The van der Waals surface area contributed by atoms with Gasteiger partial charge in [-0.25, -0.2) is 18.6 Å². The van der Waals surface area contributed by atoms with Gasteiger partial charge in [-0.15, -0.1) is 5.10 Å². The van der Waals surface area contributed by atoms with Crippen molar-refractivity contribution < 1.29 is 31.5 Å². The first-order valence-corrected chi connectivity index (χ1v) is 10.9. The summed E-state index contributed by atoms with van der Waals surface area (Å²) in [6, 6.07) is 2.05. The summed E-state index contributed by atoms with van der Waals surface area (Å²) in [5, 5.41) is 5.92. The second-order valence-corrected chi connectivity index (χ2v) is 7.95. The molecular weight excluding hydrogens is 515 g/mol. The summed E-state index contributed by atoms with van der Waals surface area (Å²) in [5.74, 6) is -4.55. The summed E-state index contributed by atoms with van der Waals surface area (Å²) >= 11 is 5.98. The summed E-state index contributed by atoms with van der Waals surface area (Å²) in [7, 11) is 0. The summed E-state index contributed by atoms with van der Waals surface area (Å²) in [6.07, 6.45) is -5.55. The lowest BCUT2D eigenvalue weighted by atomic mass is 10.2. The number of alkyl halides is 4. The number of halogens is 6. The molecule has 0 bridgehead atoms. The van der Waals surface area contributed by atoms with Gasteiger partial charge in [0, 0.05) is 12.7 Å². The smallest absolute Gasteiger partial charge is 0.425 e. The van der Waals surface area contributed by atoms with Gasteiger partial charge >= 0.3 is 11.9 Å². The summed E-state index contributed by atoms with van der Waals surface area (Å²) in [4.78, 5) is 33.1. The molecule has 0 aliphatic rings. The molecule has 36 heavy (non-hydrogen) atoms. The average Bonchev–Trinajstić information content (AvgIpc) is 3.12. The van der Waals surface area contributed by atoms with Crippen LogP contribution in [0.25, 0.3) is 5.82 Å². The molecule has 1 N–H and O–H groups in total. The number of nitrogens with zero attached hydrogens (tertiary/aromatic N) is 5. The van der Waals surface area contributed by atoms with E-state index in [-0.39, 0.29) is 23.2 Å². The number of carbonyl (C=O) groups is 1. The van der Waals surface area contributed by atoms with Gasteiger partial charge in [0.1, 0.15) is 12.2 Å². The zero-order valence-electron chi connectivity index (χ0n) is 19.2. The minimum atomic E-state index is -4.87. The molecule has 0 spiro atoms. The van der Waals surface area contributed by atoms with Crippen LogP contribution in [0.3, 0.4) is 0 Å². The van der Waals surface area contributed by atoms with Gasteiger partial charge in [0.15, 0.2) is 28.7 Å². The van der Waals surface area contributed by atoms with Gasteiger partial charge in [0.2, 0.25) is 5.88 Å². The highest BCUT2D eigenvalue weighted by Crippen LogP contribution is 2.30. The molecular formula is C21H20ClF5N6O3. The molecule has 0 unspecified atom stereocenters. The monoisotopic (exact) mass is 534 g/mol. The lowest BCUT2D eigenvalue weighted by Gasteiger charge is -2.19. The number of carbonyl (C=O) groups excluding carboxylic acids is 1. The molecule has 0 radical (unpaired) electrons. The summed E-state index contributed by atoms with van der Waals surface area (Å²) in [6.45, 7) is 2.83. The number of rotatable bonds is 8. The molecule has 15 heteroatoms. The maximum Gasteiger partial charge on any atom is 0.425 e. The Balaban J connectivity index is 2.16. The van der Waals surface area contributed by atoms with Gasteiger partial charge in [0.05, 0.1) is 5.69 Å². The quantitative estimate of drug-likeness (QED) is 0.340. The molecule has 0 saturated heterocycles. The largest absolute Gasteiger partial charge is 0.464 e. The molecule has 1 amide bonds. The fraction of sp³-hybridized carbons (Fsp3) is 0.381. The number of pyridine rings is 2. The van der Waals surface area contributed by atoms with Crippen molar-refractivity contribution in [1.82, 2.24) is 24.3 Å². The molecule has 0 aliphatic carbocycles. The van der Waals surface area contributed by atoms with Gasteiger partial charge in [0.25, 0.3) is 5.91 Å². The topological polar surface area (TPSA) is 104 Å². The third-order valence-corrected chi connectivity index (χ3v) is 5.26. The van der Waals surface area contributed by atoms with Crippen molar-refractivity contribution in [2.24, 2.45) is 0 Å². The minimum absolute atomic E-state index is 0.0330. The second-order valence-electron chi connectivity index (χ2n) is 7.59. The number of amides is 1. The predicted molar refractivity (Wildman–Crippen MR) is 119 cm³/mol. The fourth-order valence-corrected chi connectivity index (χ4v) is 3.33. The highest BCUT2D eigenvalue weighted by atomic mass is 35.5. The number of aryl methyl sites for hydroxylation is 1. The first-order valence-electron chi connectivity index (χ1n) is 10.5. The number of nitrogens with one attached hydrogen (secondary N) is 1. The minimum Gasteiger partial charge on any atom is -0.464 e. The SMILES string of the molecule is CCCn1c(CF)nn(-c2nc(O[C@@H](C)C(F)(F)F)c(C(=O)Nc3c(C)ccnc3Cl)cc2F)c1=O. The normalized spacial score (nSPS) is 12.5. The molecule has 1 atom stereocenters. The van der Waals surface area contributed by atoms with Crippen LogP contribution in [0.4, 0.5) is 27.6 Å². The Morgan fingerprint density at radius 1 is 1.33 bits per heavy atom. The van der Waals surface area contributed by atoms with Gasteiger partial charge in [-0.3, -0.25) is 9.36 Å². The molecule has 3 aromatic rings. The number of aromatic nitrogens is 5. The van der Waals surface area contributed by atoms with E-state index in [0.717, 1.165) is 4.57 Å². The van der Waals surface area contributed by atoms with E-state index in [9.17, 15) is 27.2 Å². The number of hydrogen-bond donors (Lipinski definition) is 1. The van der Waals surface area contributed by atoms with E-state index in [0.29, 0.717) is 29.7 Å². The maximum absolute atomic E-state index is 15.1. The first-order chi connectivity index (χ1) is 16.9. The van der Waals surface area contributed by atoms with E-state index in [1.165, 1.54) is 12.3 Å². The Hall–Kier alpha value is -3.55. The van der Waals surface area contributed by atoms with E-state index in [1.807, 2.05) is 0 Å². The zero-order valence-corrected chi connectivity index (χ0v) is 19.9. The van der Waals surface area contributed by atoms with Crippen LogP contribution in [0, 0.1) is 12.7 Å². The van der Waals surface area contributed by atoms with E-state index in [1.54, 1.807) is 13.8 Å². The van der Waals surface area contributed by atoms with Crippen LogP contribution in [-0.4, -0.2) is 42.5 Å². The van der Waals surface area contributed by atoms with Crippen LogP contribution >= 0.6 is 11.6 Å². The van der Waals surface area contributed by atoms with Crippen LogP contribution in [0.2, 0.25) is 5.15 Å². The van der Waals surface area contributed by atoms with Crippen molar-refractivity contribution in [3.63, 3.8) is 0 Å². The lowest BCUT2D eigenvalue weighted by molar-refractivity contribution is -0.190. The van der Waals surface area contributed by atoms with Crippen LogP contribution in [-0.2, 0) is 13.2 Å². The lowest BCUT2D eigenvalue weighted by Crippen LogP contribution is -2.33. The first kappa shape index (κ1) is 27.0. The van der Waals surface area contributed by atoms with Gasteiger partial charge in [-0.05, 0) is 38.0 Å². The standard InChI is InChI=1S/C21H20ClF5N6O3/c1-4-7-32-14(9-23)31-33(20(32)35)17-13(24)8-12(19(30-17)36-11(3)21(25,26)27)18(34)29-15-10(2)5-6-28-16(15)22/h5-6,8,11H,4,7,9H2,1-3H3,(H,29,34)/t11-/m0/s1. The molecule has 0 aromatic carbocycles.